The van der Waals surface area contributed by atoms with E-state index in [0.717, 1.165) is 0 Å². The third-order valence-corrected chi connectivity index (χ3v) is 8.62. The molecule has 0 atom stereocenters. The second-order valence-electron chi connectivity index (χ2n) is 9.07. The summed E-state index contributed by atoms with van der Waals surface area (Å²) < 4.78 is 0. The molecule has 3 heteroatoms. The van der Waals surface area contributed by atoms with Crippen LogP contribution in [-0.4, -0.2) is 0 Å². The first kappa shape index (κ1) is 31.1. The molecule has 0 aliphatic carbocycles. The Morgan fingerprint density at radius 2 is 1.15 bits per heavy atom. The minimum absolute atomic E-state index is 1.25. The highest BCUT2D eigenvalue weighted by atomic mass is 32.1. The smallest absolute Gasteiger partial charge is 0.0474 e. The maximum atomic E-state index is 2.44. The lowest BCUT2D eigenvalue weighted by atomic mass is 10.1. The zero-order valence-electron chi connectivity index (χ0n) is 22.5. The van der Waals surface area contributed by atoms with Crippen molar-refractivity contribution >= 4 is 34.0 Å². The highest BCUT2D eigenvalue weighted by Crippen LogP contribution is 2.35. The quantitative estimate of drug-likeness (QED) is 0.175. The van der Waals surface area contributed by atoms with Crippen LogP contribution in [0.1, 0.15) is 122 Å². The fourth-order valence-corrected chi connectivity index (χ4v) is 6.31. The van der Waals surface area contributed by atoms with Gasteiger partial charge in [-0.2, -0.15) is 11.3 Å². The molecule has 0 aliphatic heterocycles. The normalized spacial score (nSPS) is 10.4. The minimum Gasteiger partial charge on any atom is -0.152 e. The monoisotopic (exact) mass is 518 g/mol. The molecule has 0 unspecified atom stereocenters. The second-order valence-corrected chi connectivity index (χ2v) is 11.7. The zero-order valence-corrected chi connectivity index (χ0v) is 24.9. The van der Waals surface area contributed by atoms with Gasteiger partial charge in [0.2, 0.25) is 0 Å². The van der Waals surface area contributed by atoms with Gasteiger partial charge >= 0.3 is 0 Å². The topological polar surface area (TPSA) is 0 Å². The Morgan fingerprint density at radius 1 is 0.588 bits per heavy atom. The summed E-state index contributed by atoms with van der Waals surface area (Å²) in [7, 11) is 0. The Balaban J connectivity index is 0.000000393. The minimum atomic E-state index is 1.25. The van der Waals surface area contributed by atoms with Crippen LogP contribution in [0.15, 0.2) is 45.8 Å². The number of thiophene rings is 3. The molecule has 0 aliphatic rings. The molecule has 0 N–H and O–H groups in total. The van der Waals surface area contributed by atoms with E-state index in [1.807, 2.05) is 45.6 Å². The summed E-state index contributed by atoms with van der Waals surface area (Å²) >= 11 is 5.57. The van der Waals surface area contributed by atoms with Gasteiger partial charge in [0.25, 0.3) is 0 Å². The predicted molar refractivity (Wildman–Crippen MR) is 162 cm³/mol. The molecule has 0 radical (unpaired) electrons. The first-order valence-electron chi connectivity index (χ1n) is 13.9. The van der Waals surface area contributed by atoms with Gasteiger partial charge in [0.15, 0.2) is 0 Å². The van der Waals surface area contributed by atoms with Crippen LogP contribution in [0.25, 0.3) is 9.75 Å². The standard InChI is InChI=1S/C20H30S2.C7H16.C4H4S/c1-3-5-7-9-11-17-15-19(22-16-17)20-18(13-14-21-20)12-10-8-6-4-2;1-3-5-7-6-4-2;1-2-4-5-3-1/h13-16H,3-12H2,1-2H3;3-7H2,1-2H3;1-4H. The number of aryl methyl sites for hydroxylation is 2. The molecule has 3 aromatic rings. The Bertz CT molecular complexity index is 745. The first-order chi connectivity index (χ1) is 16.8. The van der Waals surface area contributed by atoms with Crippen LogP contribution >= 0.6 is 34.0 Å². The molecule has 0 aromatic carbocycles. The van der Waals surface area contributed by atoms with E-state index in [2.05, 4.69) is 50.6 Å². The fourth-order valence-electron chi connectivity index (χ4n) is 3.78. The maximum Gasteiger partial charge on any atom is 0.0474 e. The Labute approximate surface area is 223 Å². The van der Waals surface area contributed by atoms with Gasteiger partial charge in [0.05, 0.1) is 0 Å². The molecule has 0 nitrogen and oxygen atoms in total. The molecular weight excluding hydrogens is 469 g/mol. The van der Waals surface area contributed by atoms with E-state index < -0.39 is 0 Å². The van der Waals surface area contributed by atoms with Gasteiger partial charge in [0.1, 0.15) is 0 Å². The molecule has 3 aromatic heterocycles. The number of rotatable bonds is 15. The lowest BCUT2D eigenvalue weighted by Crippen LogP contribution is -1.85. The highest BCUT2D eigenvalue weighted by Gasteiger charge is 2.09. The largest absolute Gasteiger partial charge is 0.152 e. The average molecular weight is 519 g/mol. The van der Waals surface area contributed by atoms with Gasteiger partial charge in [-0.05, 0) is 70.5 Å². The molecule has 0 spiro atoms. The van der Waals surface area contributed by atoms with Crippen molar-refractivity contribution in [3.63, 3.8) is 0 Å². The van der Waals surface area contributed by atoms with Gasteiger partial charge in [-0.15, -0.1) is 22.7 Å². The van der Waals surface area contributed by atoms with Crippen molar-refractivity contribution in [1.29, 1.82) is 0 Å². The van der Waals surface area contributed by atoms with Crippen LogP contribution in [0.3, 0.4) is 0 Å². The van der Waals surface area contributed by atoms with E-state index in [0.29, 0.717) is 0 Å². The van der Waals surface area contributed by atoms with Crippen LogP contribution in [0.2, 0.25) is 0 Å². The van der Waals surface area contributed by atoms with E-state index in [1.165, 1.54) is 106 Å². The highest BCUT2D eigenvalue weighted by molar-refractivity contribution is 7.20. The molecule has 34 heavy (non-hydrogen) atoms. The van der Waals surface area contributed by atoms with Crippen molar-refractivity contribution in [3.8, 4) is 9.75 Å². The Morgan fingerprint density at radius 3 is 1.68 bits per heavy atom. The van der Waals surface area contributed by atoms with E-state index in [-0.39, 0.29) is 0 Å². The summed E-state index contributed by atoms with van der Waals surface area (Å²) in [4.78, 5) is 3.02. The van der Waals surface area contributed by atoms with Crippen molar-refractivity contribution in [3.05, 3.63) is 56.9 Å². The van der Waals surface area contributed by atoms with Gasteiger partial charge < -0.3 is 0 Å². The van der Waals surface area contributed by atoms with Crippen molar-refractivity contribution in [1.82, 2.24) is 0 Å². The molecule has 0 fully saturated rings. The predicted octanol–water partition coefficient (Wildman–Crippen LogP) is 12.4. The lowest BCUT2D eigenvalue weighted by molar-refractivity contribution is 0.656. The fraction of sp³-hybridized carbons (Fsp3) is 0.613. The molecule has 0 amide bonds. The average Bonchev–Trinajstić information content (AvgIpc) is 3.64. The molecule has 0 saturated heterocycles. The zero-order chi connectivity index (χ0) is 24.7. The summed E-state index contributed by atoms with van der Waals surface area (Å²) in [6, 6.07) is 8.82. The van der Waals surface area contributed by atoms with E-state index >= 15 is 0 Å². The van der Waals surface area contributed by atoms with Gasteiger partial charge in [-0.1, -0.05) is 110 Å². The first-order valence-corrected chi connectivity index (χ1v) is 16.6. The molecule has 0 saturated carbocycles. The summed E-state index contributed by atoms with van der Waals surface area (Å²) in [5.74, 6) is 0. The van der Waals surface area contributed by atoms with Crippen molar-refractivity contribution in [2.45, 2.75) is 124 Å². The third-order valence-electron chi connectivity index (χ3n) is 5.88. The summed E-state index contributed by atoms with van der Waals surface area (Å²) in [5.41, 5.74) is 3.11. The molecular formula is C31H50S3. The van der Waals surface area contributed by atoms with Crippen LogP contribution in [-0.2, 0) is 12.8 Å². The van der Waals surface area contributed by atoms with Crippen molar-refractivity contribution in [2.24, 2.45) is 0 Å². The van der Waals surface area contributed by atoms with Crippen LogP contribution in [0.5, 0.6) is 0 Å². The number of unbranched alkanes of at least 4 members (excludes halogenated alkanes) is 10. The van der Waals surface area contributed by atoms with Gasteiger partial charge in [0, 0.05) is 9.75 Å². The summed E-state index contributed by atoms with van der Waals surface area (Å²) in [6.07, 6.45) is 20.4. The van der Waals surface area contributed by atoms with Gasteiger partial charge in [-0.3, -0.25) is 0 Å². The number of hydrogen-bond donors (Lipinski definition) is 0. The van der Waals surface area contributed by atoms with Crippen LogP contribution < -0.4 is 0 Å². The molecule has 3 rings (SSSR count). The Hall–Kier alpha value is -0.900. The molecule has 0 bridgehead atoms. The molecule has 3 heterocycles. The SMILES string of the molecule is CCCCCCC.CCCCCCc1csc(-c2sccc2CCCCCC)c1.c1ccsc1. The lowest BCUT2D eigenvalue weighted by Gasteiger charge is -2.02. The van der Waals surface area contributed by atoms with E-state index in [1.54, 1.807) is 22.5 Å². The number of hydrogen-bond acceptors (Lipinski definition) is 3. The van der Waals surface area contributed by atoms with Crippen LogP contribution in [0, 0.1) is 0 Å². The van der Waals surface area contributed by atoms with Crippen molar-refractivity contribution in [2.75, 3.05) is 0 Å². The summed E-state index contributed by atoms with van der Waals surface area (Å²) in [6.45, 7) is 9.05. The Kier molecular flexibility index (Phi) is 20.7. The summed E-state index contributed by atoms with van der Waals surface area (Å²) in [5, 5.41) is 8.73. The second kappa shape index (κ2) is 22.6. The maximum absolute atomic E-state index is 2.44. The molecule has 192 valence electrons. The third kappa shape index (κ3) is 15.2. The van der Waals surface area contributed by atoms with E-state index in [9.17, 15) is 0 Å². The van der Waals surface area contributed by atoms with E-state index in [4.69, 9.17) is 0 Å². The van der Waals surface area contributed by atoms with Crippen LogP contribution in [0.4, 0.5) is 0 Å². The van der Waals surface area contributed by atoms with Gasteiger partial charge in [-0.25, -0.2) is 0 Å². The van der Waals surface area contributed by atoms with Crippen molar-refractivity contribution < 1.29 is 0 Å².